The Morgan fingerprint density at radius 2 is 2.16 bits per heavy atom. The first-order valence-corrected chi connectivity index (χ1v) is 8.53. The maximum absolute atomic E-state index is 12.3. The van der Waals surface area contributed by atoms with Crippen molar-refractivity contribution in [1.29, 1.82) is 0 Å². The second kappa shape index (κ2) is 7.19. The summed E-state index contributed by atoms with van der Waals surface area (Å²) in [5.41, 5.74) is 0.829. The number of rotatable bonds is 8. The van der Waals surface area contributed by atoms with Gasteiger partial charge in [-0.3, -0.25) is 0 Å². The fourth-order valence-corrected chi connectivity index (χ4v) is 4.43. The molecular formula is C13H22N2O2S2. The molecule has 0 aromatic carbocycles. The molecule has 6 heteroatoms. The molecule has 0 atom stereocenters. The van der Waals surface area contributed by atoms with Gasteiger partial charge in [0.05, 0.1) is 0 Å². The molecule has 1 aromatic rings. The fraction of sp³-hybridized carbons (Fsp3) is 0.538. The van der Waals surface area contributed by atoms with E-state index in [0.29, 0.717) is 10.8 Å². The number of hydrogen-bond donors (Lipinski definition) is 1. The minimum Gasteiger partial charge on any atom is -0.317 e. The van der Waals surface area contributed by atoms with Gasteiger partial charge in [-0.25, -0.2) is 8.42 Å². The minimum absolute atomic E-state index is 0.354. The van der Waals surface area contributed by atoms with Crippen LogP contribution in [0.3, 0.4) is 0 Å². The van der Waals surface area contributed by atoms with Crippen LogP contribution >= 0.6 is 11.3 Å². The van der Waals surface area contributed by atoms with Crippen molar-refractivity contribution in [3.63, 3.8) is 0 Å². The van der Waals surface area contributed by atoms with Crippen molar-refractivity contribution < 1.29 is 8.42 Å². The van der Waals surface area contributed by atoms with Crippen LogP contribution in [0.5, 0.6) is 0 Å². The summed E-state index contributed by atoms with van der Waals surface area (Å²) in [5, 5.41) is 3.23. The molecule has 0 radical (unpaired) electrons. The van der Waals surface area contributed by atoms with E-state index < -0.39 is 10.0 Å². The van der Waals surface area contributed by atoms with Crippen molar-refractivity contribution in [2.75, 3.05) is 26.7 Å². The van der Waals surface area contributed by atoms with Gasteiger partial charge < -0.3 is 5.32 Å². The molecule has 1 rings (SSSR count). The predicted molar refractivity (Wildman–Crippen MR) is 81.2 cm³/mol. The van der Waals surface area contributed by atoms with E-state index in [9.17, 15) is 8.42 Å². The molecule has 0 spiro atoms. The van der Waals surface area contributed by atoms with Crippen LogP contribution in [-0.4, -0.2) is 39.4 Å². The highest BCUT2D eigenvalue weighted by molar-refractivity contribution is 7.91. The lowest BCUT2D eigenvalue weighted by Crippen LogP contribution is -2.27. The maximum atomic E-state index is 12.3. The van der Waals surface area contributed by atoms with Gasteiger partial charge in [-0.2, -0.15) is 4.31 Å². The Labute approximate surface area is 120 Å². The van der Waals surface area contributed by atoms with E-state index in [1.165, 1.54) is 15.6 Å². The van der Waals surface area contributed by atoms with Crippen molar-refractivity contribution in [2.24, 2.45) is 0 Å². The Kier molecular flexibility index (Phi) is 6.19. The van der Waals surface area contributed by atoms with Gasteiger partial charge in [0, 0.05) is 18.5 Å². The second-order valence-electron chi connectivity index (χ2n) is 4.54. The molecule has 0 saturated carbocycles. The van der Waals surface area contributed by atoms with Gasteiger partial charge in [0.15, 0.2) is 0 Å². The van der Waals surface area contributed by atoms with Crippen LogP contribution in [0.15, 0.2) is 28.5 Å². The van der Waals surface area contributed by atoms with E-state index in [4.69, 9.17) is 0 Å². The molecule has 4 nitrogen and oxygen atoms in total. The molecular weight excluding hydrogens is 280 g/mol. The van der Waals surface area contributed by atoms with Crippen LogP contribution in [0.2, 0.25) is 0 Å². The molecule has 1 heterocycles. The quantitative estimate of drug-likeness (QED) is 0.591. The first-order chi connectivity index (χ1) is 8.87. The zero-order valence-corrected chi connectivity index (χ0v) is 13.4. The van der Waals surface area contributed by atoms with Crippen LogP contribution in [0.1, 0.15) is 18.7 Å². The zero-order chi connectivity index (χ0) is 14.5. The number of hydrogen-bond acceptors (Lipinski definition) is 4. The molecule has 0 bridgehead atoms. The van der Waals surface area contributed by atoms with Crippen LogP contribution in [0, 0.1) is 0 Å². The molecule has 0 unspecified atom stereocenters. The average Bonchev–Trinajstić information content (AvgIpc) is 2.78. The molecule has 0 amide bonds. The third kappa shape index (κ3) is 4.72. The smallest absolute Gasteiger partial charge is 0.252 e. The summed E-state index contributed by atoms with van der Waals surface area (Å²) in [6.45, 7) is 9.78. The highest BCUT2D eigenvalue weighted by Gasteiger charge is 2.22. The molecule has 19 heavy (non-hydrogen) atoms. The number of sulfonamides is 1. The molecule has 1 aromatic heterocycles. The average molecular weight is 302 g/mol. The fourth-order valence-electron chi connectivity index (χ4n) is 1.64. The lowest BCUT2D eigenvalue weighted by Gasteiger charge is -2.15. The first-order valence-electron chi connectivity index (χ1n) is 6.28. The molecule has 0 saturated heterocycles. The predicted octanol–water partition coefficient (Wildman–Crippen LogP) is 2.10. The Balaban J connectivity index is 2.76. The van der Waals surface area contributed by atoms with Crippen molar-refractivity contribution in [3.8, 4) is 0 Å². The van der Waals surface area contributed by atoms with Gasteiger partial charge in [0.2, 0.25) is 0 Å². The number of nitrogens with one attached hydrogen (secondary N) is 1. The Morgan fingerprint density at radius 3 is 2.74 bits per heavy atom. The summed E-state index contributed by atoms with van der Waals surface area (Å²) in [6.07, 6.45) is 0.859. The standard InChI is InChI=1S/C13H22N2O2S2/c1-5-14-9-8-12-6-7-13(18-12)19(16,17)15(4)10-11(2)3/h6-7,14H,2,5,8-10H2,1,3-4H3. The van der Waals surface area contributed by atoms with E-state index in [2.05, 4.69) is 18.8 Å². The SMILES string of the molecule is C=C(C)CN(C)S(=O)(=O)c1ccc(CCNCC)s1. The topological polar surface area (TPSA) is 49.4 Å². The number of thiophene rings is 1. The van der Waals surface area contributed by atoms with Gasteiger partial charge in [-0.15, -0.1) is 11.3 Å². The van der Waals surface area contributed by atoms with Crippen LogP contribution in [0.25, 0.3) is 0 Å². The molecule has 0 aliphatic carbocycles. The van der Waals surface area contributed by atoms with E-state index in [0.717, 1.165) is 30.0 Å². The summed E-state index contributed by atoms with van der Waals surface area (Å²) in [4.78, 5) is 1.09. The Morgan fingerprint density at radius 1 is 1.47 bits per heavy atom. The van der Waals surface area contributed by atoms with E-state index in [-0.39, 0.29) is 0 Å². The first kappa shape index (κ1) is 16.4. The van der Waals surface area contributed by atoms with Gasteiger partial charge in [-0.1, -0.05) is 19.1 Å². The largest absolute Gasteiger partial charge is 0.317 e. The minimum atomic E-state index is -3.37. The molecule has 1 N–H and O–H groups in total. The van der Waals surface area contributed by atoms with Crippen molar-refractivity contribution in [1.82, 2.24) is 9.62 Å². The van der Waals surface area contributed by atoms with E-state index in [1.54, 1.807) is 13.1 Å². The zero-order valence-electron chi connectivity index (χ0n) is 11.8. The Bertz CT molecular complexity index is 521. The van der Waals surface area contributed by atoms with Crippen molar-refractivity contribution in [3.05, 3.63) is 29.2 Å². The van der Waals surface area contributed by atoms with E-state index in [1.807, 2.05) is 13.0 Å². The Hall–Kier alpha value is -0.690. The van der Waals surface area contributed by atoms with Crippen LogP contribution in [0.4, 0.5) is 0 Å². The van der Waals surface area contributed by atoms with E-state index >= 15 is 0 Å². The highest BCUT2D eigenvalue weighted by Crippen LogP contribution is 2.24. The van der Waals surface area contributed by atoms with Gasteiger partial charge >= 0.3 is 0 Å². The summed E-state index contributed by atoms with van der Waals surface area (Å²) < 4.78 is 26.3. The van der Waals surface area contributed by atoms with Gasteiger partial charge in [0.1, 0.15) is 4.21 Å². The third-order valence-corrected chi connectivity index (χ3v) is 6.01. The molecule has 0 aliphatic rings. The van der Waals surface area contributed by atoms with Crippen LogP contribution < -0.4 is 5.32 Å². The lowest BCUT2D eigenvalue weighted by atomic mass is 10.3. The number of likely N-dealkylation sites (N-methyl/N-ethyl adjacent to an activating group) is 2. The summed E-state index contributed by atoms with van der Waals surface area (Å²) in [5.74, 6) is 0. The summed E-state index contributed by atoms with van der Waals surface area (Å²) >= 11 is 1.35. The molecule has 0 fully saturated rings. The summed E-state index contributed by atoms with van der Waals surface area (Å²) in [6, 6.07) is 3.58. The number of nitrogens with zero attached hydrogens (tertiary/aromatic N) is 1. The van der Waals surface area contributed by atoms with Gasteiger partial charge in [-0.05, 0) is 38.6 Å². The second-order valence-corrected chi connectivity index (χ2v) is 7.98. The summed E-state index contributed by atoms with van der Waals surface area (Å²) in [7, 11) is -1.79. The molecule has 108 valence electrons. The molecule has 0 aliphatic heterocycles. The van der Waals surface area contributed by atoms with Gasteiger partial charge in [0.25, 0.3) is 10.0 Å². The van der Waals surface area contributed by atoms with Crippen LogP contribution in [-0.2, 0) is 16.4 Å². The van der Waals surface area contributed by atoms with Crippen molar-refractivity contribution in [2.45, 2.75) is 24.5 Å². The normalized spacial score (nSPS) is 12.0. The third-order valence-electron chi connectivity index (χ3n) is 2.59. The monoisotopic (exact) mass is 302 g/mol. The maximum Gasteiger partial charge on any atom is 0.252 e. The lowest BCUT2D eigenvalue weighted by molar-refractivity contribution is 0.495. The highest BCUT2D eigenvalue weighted by atomic mass is 32.2. The van der Waals surface area contributed by atoms with Crippen molar-refractivity contribution >= 4 is 21.4 Å².